The van der Waals surface area contributed by atoms with Gasteiger partial charge in [0.05, 0.1) is 12.5 Å². The highest BCUT2D eigenvalue weighted by molar-refractivity contribution is 5.95. The van der Waals surface area contributed by atoms with E-state index in [4.69, 9.17) is 17.2 Å². The zero-order chi connectivity index (χ0) is 26.5. The van der Waals surface area contributed by atoms with E-state index < -0.39 is 18.1 Å². The molecule has 2 rings (SSSR count). The van der Waals surface area contributed by atoms with Gasteiger partial charge in [0.25, 0.3) is 5.91 Å². The van der Waals surface area contributed by atoms with Crippen LogP contribution < -0.4 is 27.8 Å². The quantitative estimate of drug-likeness (QED) is 0.246. The molecule has 2 aromatic rings. The van der Waals surface area contributed by atoms with Crippen LogP contribution >= 0.6 is 0 Å². The minimum Gasteiger partial charge on any atom is -0.340 e. The second-order valence-electron chi connectivity index (χ2n) is 9.10. The van der Waals surface area contributed by atoms with E-state index in [2.05, 4.69) is 24.5 Å². The van der Waals surface area contributed by atoms with Crippen molar-refractivity contribution in [3.63, 3.8) is 0 Å². The molecule has 0 spiro atoms. The predicted octanol–water partition coefficient (Wildman–Crippen LogP) is 1.08. The summed E-state index contributed by atoms with van der Waals surface area (Å²) >= 11 is 0. The Balaban J connectivity index is 2.07. The van der Waals surface area contributed by atoms with E-state index in [0.717, 1.165) is 11.1 Å². The van der Waals surface area contributed by atoms with Gasteiger partial charge in [0.2, 0.25) is 11.8 Å². The van der Waals surface area contributed by atoms with E-state index >= 15 is 0 Å². The standard InChI is InChI=1S/C27H40N6O3/c1-19(2)21-9-11-22(12-10-21)26(35)31-24(13-8-20-6-4-3-5-7-20)32-27(36)23(30)18-25(34)33(16-14-28)17-15-29/h3-7,9-12,19,23-24H,8,13-18,28-30H2,1-2H3,(H,31,35)(H,32,36)/t23-,24-/m0/s1. The van der Waals surface area contributed by atoms with Crippen LogP contribution in [0.4, 0.5) is 0 Å². The van der Waals surface area contributed by atoms with Crippen molar-refractivity contribution in [1.29, 1.82) is 0 Å². The Morgan fingerprint density at radius 2 is 1.50 bits per heavy atom. The molecule has 0 radical (unpaired) electrons. The van der Waals surface area contributed by atoms with Gasteiger partial charge in [0.1, 0.15) is 6.17 Å². The highest BCUT2D eigenvalue weighted by Crippen LogP contribution is 2.15. The predicted molar refractivity (Wildman–Crippen MR) is 142 cm³/mol. The van der Waals surface area contributed by atoms with Crippen molar-refractivity contribution in [2.24, 2.45) is 17.2 Å². The van der Waals surface area contributed by atoms with Crippen molar-refractivity contribution in [3.05, 3.63) is 71.3 Å². The molecule has 36 heavy (non-hydrogen) atoms. The Kier molecular flexibility index (Phi) is 12.0. The first-order valence-electron chi connectivity index (χ1n) is 12.4. The van der Waals surface area contributed by atoms with Crippen LogP contribution in [-0.2, 0) is 16.0 Å². The molecule has 0 aromatic heterocycles. The van der Waals surface area contributed by atoms with Gasteiger partial charge in [0, 0.05) is 31.7 Å². The molecule has 0 heterocycles. The summed E-state index contributed by atoms with van der Waals surface area (Å²) in [5.41, 5.74) is 19.9. The van der Waals surface area contributed by atoms with Crippen molar-refractivity contribution in [2.45, 2.75) is 51.2 Å². The molecule has 2 atom stereocenters. The molecule has 0 unspecified atom stereocenters. The fourth-order valence-electron chi connectivity index (χ4n) is 3.76. The van der Waals surface area contributed by atoms with Crippen LogP contribution in [-0.4, -0.2) is 61.0 Å². The van der Waals surface area contributed by atoms with Crippen LogP contribution in [0.3, 0.4) is 0 Å². The van der Waals surface area contributed by atoms with Crippen LogP contribution in [0.15, 0.2) is 54.6 Å². The van der Waals surface area contributed by atoms with Gasteiger partial charge in [-0.3, -0.25) is 14.4 Å². The Morgan fingerprint density at radius 1 is 0.889 bits per heavy atom. The zero-order valence-electron chi connectivity index (χ0n) is 21.3. The van der Waals surface area contributed by atoms with Crippen molar-refractivity contribution >= 4 is 17.7 Å². The van der Waals surface area contributed by atoms with Crippen molar-refractivity contribution < 1.29 is 14.4 Å². The molecule has 0 aliphatic heterocycles. The summed E-state index contributed by atoms with van der Waals surface area (Å²) in [4.78, 5) is 39.9. The smallest absolute Gasteiger partial charge is 0.252 e. The first kappa shape index (κ1) is 29.0. The van der Waals surface area contributed by atoms with Gasteiger partial charge in [0.15, 0.2) is 0 Å². The van der Waals surface area contributed by atoms with Gasteiger partial charge in [-0.1, -0.05) is 56.3 Å². The Morgan fingerprint density at radius 3 is 2.06 bits per heavy atom. The van der Waals surface area contributed by atoms with Gasteiger partial charge in [-0.2, -0.15) is 0 Å². The summed E-state index contributed by atoms with van der Waals surface area (Å²) in [6.07, 6.45) is 0.244. The maximum atomic E-state index is 12.9. The third-order valence-corrected chi connectivity index (χ3v) is 5.91. The molecular weight excluding hydrogens is 456 g/mol. The van der Waals surface area contributed by atoms with Crippen LogP contribution in [0.1, 0.15) is 54.1 Å². The summed E-state index contributed by atoms with van der Waals surface area (Å²) in [5, 5.41) is 5.71. The van der Waals surface area contributed by atoms with Gasteiger partial charge in [-0.15, -0.1) is 0 Å². The second-order valence-corrected chi connectivity index (χ2v) is 9.10. The molecule has 3 amide bonds. The van der Waals surface area contributed by atoms with Gasteiger partial charge >= 0.3 is 0 Å². The number of benzene rings is 2. The first-order valence-corrected chi connectivity index (χ1v) is 12.4. The third kappa shape index (κ3) is 9.41. The van der Waals surface area contributed by atoms with Gasteiger partial charge < -0.3 is 32.7 Å². The highest BCUT2D eigenvalue weighted by Gasteiger charge is 2.24. The number of nitrogens with one attached hydrogen (secondary N) is 2. The van der Waals surface area contributed by atoms with Crippen molar-refractivity contribution in [1.82, 2.24) is 15.5 Å². The average molecular weight is 497 g/mol. The molecule has 0 aliphatic carbocycles. The van der Waals surface area contributed by atoms with Gasteiger partial charge in [-0.05, 0) is 42.0 Å². The highest BCUT2D eigenvalue weighted by atomic mass is 16.2. The number of rotatable bonds is 14. The lowest BCUT2D eigenvalue weighted by Gasteiger charge is -2.25. The monoisotopic (exact) mass is 496 g/mol. The summed E-state index contributed by atoms with van der Waals surface area (Å²) < 4.78 is 0. The number of hydrogen-bond donors (Lipinski definition) is 5. The molecule has 0 bridgehead atoms. The summed E-state index contributed by atoms with van der Waals surface area (Å²) in [7, 11) is 0. The Hall–Kier alpha value is -3.27. The first-order chi connectivity index (χ1) is 17.2. The van der Waals surface area contributed by atoms with Crippen LogP contribution in [0.2, 0.25) is 0 Å². The van der Waals surface area contributed by atoms with Crippen molar-refractivity contribution in [2.75, 3.05) is 26.2 Å². The third-order valence-electron chi connectivity index (χ3n) is 5.91. The number of amides is 3. The molecule has 0 aliphatic rings. The van der Waals surface area contributed by atoms with Crippen LogP contribution in [0.25, 0.3) is 0 Å². The largest absolute Gasteiger partial charge is 0.340 e. The Bertz CT molecular complexity index is 959. The molecule has 196 valence electrons. The van der Waals surface area contributed by atoms with E-state index in [1.54, 1.807) is 12.1 Å². The molecule has 9 nitrogen and oxygen atoms in total. The number of carbonyl (C=O) groups excluding carboxylic acids is 3. The second kappa shape index (κ2) is 15.0. The number of carbonyl (C=O) groups is 3. The maximum absolute atomic E-state index is 12.9. The minimum absolute atomic E-state index is 0.179. The lowest BCUT2D eigenvalue weighted by atomic mass is 10.0. The molecular formula is C27H40N6O3. The lowest BCUT2D eigenvalue weighted by molar-refractivity contribution is -0.134. The van der Waals surface area contributed by atoms with Gasteiger partial charge in [-0.25, -0.2) is 0 Å². The zero-order valence-corrected chi connectivity index (χ0v) is 21.3. The number of hydrogen-bond acceptors (Lipinski definition) is 6. The number of nitrogens with two attached hydrogens (primary N) is 3. The SMILES string of the molecule is CC(C)c1ccc(C(=O)N[C@H](CCc2ccccc2)NC(=O)[C@@H](N)CC(=O)N(CCN)CCN)cc1. The average Bonchev–Trinajstić information content (AvgIpc) is 2.87. The molecule has 9 heteroatoms. The summed E-state index contributed by atoms with van der Waals surface area (Å²) in [5.74, 6) is -0.749. The minimum atomic E-state index is -1.07. The molecule has 0 saturated carbocycles. The van der Waals surface area contributed by atoms with Crippen molar-refractivity contribution in [3.8, 4) is 0 Å². The van der Waals surface area contributed by atoms with Crippen LogP contribution in [0, 0.1) is 0 Å². The molecule has 0 fully saturated rings. The van der Waals surface area contributed by atoms with E-state index in [9.17, 15) is 14.4 Å². The molecule has 2 aromatic carbocycles. The topological polar surface area (TPSA) is 157 Å². The van der Waals surface area contributed by atoms with E-state index in [1.165, 1.54) is 4.90 Å². The van der Waals surface area contributed by atoms with E-state index in [0.29, 0.717) is 50.5 Å². The maximum Gasteiger partial charge on any atom is 0.252 e. The van der Waals surface area contributed by atoms with E-state index in [1.807, 2.05) is 42.5 Å². The Labute approximate surface area is 213 Å². The molecule has 8 N–H and O–H groups in total. The number of nitrogens with zero attached hydrogens (tertiary/aromatic N) is 1. The number of aryl methyl sites for hydroxylation is 1. The summed E-state index contributed by atoms with van der Waals surface area (Å²) in [6.45, 7) is 5.44. The fraction of sp³-hybridized carbons (Fsp3) is 0.444. The summed E-state index contributed by atoms with van der Waals surface area (Å²) in [6, 6.07) is 16.1. The van der Waals surface area contributed by atoms with E-state index in [-0.39, 0.29) is 18.2 Å². The normalized spacial score (nSPS) is 12.6. The molecule has 0 saturated heterocycles. The van der Waals surface area contributed by atoms with Crippen LogP contribution in [0.5, 0.6) is 0 Å². The fourth-order valence-corrected chi connectivity index (χ4v) is 3.76. The lowest BCUT2D eigenvalue weighted by Crippen LogP contribution is -2.54.